The van der Waals surface area contributed by atoms with Gasteiger partial charge in [-0.2, -0.15) is 5.10 Å². The molecule has 0 saturated heterocycles. The van der Waals surface area contributed by atoms with E-state index in [9.17, 15) is 5.11 Å². The van der Waals surface area contributed by atoms with Gasteiger partial charge in [0.2, 0.25) is 0 Å². The molecule has 1 aromatic heterocycles. The quantitative estimate of drug-likeness (QED) is 0.921. The van der Waals surface area contributed by atoms with E-state index in [4.69, 9.17) is 11.6 Å². The fourth-order valence-corrected chi connectivity index (χ4v) is 2.76. The standard InChI is InChI=1S/C15H18ClN3O/c1-14(6-7-14)15(20,9-19-11-17-10-18-19)8-12-2-4-13(16)5-3-12/h2-5,10-11,20H,6-9H2,1H3. The number of aliphatic hydroxyl groups is 1. The molecule has 1 aliphatic carbocycles. The molecule has 0 radical (unpaired) electrons. The zero-order chi connectivity index (χ0) is 14.2. The summed E-state index contributed by atoms with van der Waals surface area (Å²) in [5.74, 6) is 0. The van der Waals surface area contributed by atoms with E-state index < -0.39 is 5.60 Å². The molecule has 1 heterocycles. The molecule has 1 N–H and O–H groups in total. The molecule has 20 heavy (non-hydrogen) atoms. The van der Waals surface area contributed by atoms with Crippen LogP contribution in [0.1, 0.15) is 25.3 Å². The summed E-state index contributed by atoms with van der Waals surface area (Å²) in [7, 11) is 0. The summed E-state index contributed by atoms with van der Waals surface area (Å²) in [5, 5.41) is 16.0. The minimum Gasteiger partial charge on any atom is -0.387 e. The summed E-state index contributed by atoms with van der Waals surface area (Å²) in [6, 6.07) is 7.67. The molecule has 4 nitrogen and oxygen atoms in total. The van der Waals surface area contributed by atoms with Crippen molar-refractivity contribution < 1.29 is 5.11 Å². The third-order valence-corrected chi connectivity index (χ3v) is 4.68. The second kappa shape index (κ2) is 4.86. The molecule has 0 spiro atoms. The largest absolute Gasteiger partial charge is 0.387 e. The van der Waals surface area contributed by atoms with Gasteiger partial charge in [0.15, 0.2) is 0 Å². The van der Waals surface area contributed by atoms with Crippen LogP contribution in [0.15, 0.2) is 36.9 Å². The molecule has 1 unspecified atom stereocenters. The molecule has 1 fully saturated rings. The van der Waals surface area contributed by atoms with Crippen molar-refractivity contribution in [1.82, 2.24) is 14.8 Å². The molecule has 1 atom stereocenters. The van der Waals surface area contributed by atoms with E-state index in [1.165, 1.54) is 6.33 Å². The maximum Gasteiger partial charge on any atom is 0.137 e. The van der Waals surface area contributed by atoms with E-state index in [1.54, 1.807) is 11.0 Å². The fourth-order valence-electron chi connectivity index (χ4n) is 2.64. The first-order valence-electron chi connectivity index (χ1n) is 6.80. The lowest BCUT2D eigenvalue weighted by atomic mass is 9.80. The van der Waals surface area contributed by atoms with E-state index in [2.05, 4.69) is 17.0 Å². The Kier molecular flexibility index (Phi) is 3.30. The lowest BCUT2D eigenvalue weighted by Crippen LogP contribution is -2.44. The highest BCUT2D eigenvalue weighted by molar-refractivity contribution is 6.30. The Labute approximate surface area is 123 Å². The van der Waals surface area contributed by atoms with Crippen molar-refractivity contribution in [2.75, 3.05) is 0 Å². The van der Waals surface area contributed by atoms with Crippen LogP contribution < -0.4 is 0 Å². The van der Waals surface area contributed by atoms with E-state index >= 15 is 0 Å². The van der Waals surface area contributed by atoms with Crippen LogP contribution in [0.5, 0.6) is 0 Å². The summed E-state index contributed by atoms with van der Waals surface area (Å²) in [6.07, 6.45) is 5.84. The predicted molar refractivity (Wildman–Crippen MR) is 77.5 cm³/mol. The Bertz CT molecular complexity index is 578. The van der Waals surface area contributed by atoms with Gasteiger partial charge in [-0.25, -0.2) is 4.98 Å². The topological polar surface area (TPSA) is 50.9 Å². The SMILES string of the molecule is CC1(C(O)(Cc2ccc(Cl)cc2)Cn2cncn2)CC1. The molecule has 1 aliphatic rings. The third kappa shape index (κ3) is 2.58. The number of hydrogen-bond donors (Lipinski definition) is 1. The van der Waals surface area contributed by atoms with Crippen LogP contribution in [0, 0.1) is 5.41 Å². The first-order chi connectivity index (χ1) is 9.51. The highest BCUT2D eigenvalue weighted by Gasteiger charge is 2.55. The first kappa shape index (κ1) is 13.6. The predicted octanol–water partition coefficient (Wildman–Crippen LogP) is 2.71. The summed E-state index contributed by atoms with van der Waals surface area (Å²) in [5.41, 5.74) is 0.234. The molecule has 1 aromatic carbocycles. The molecule has 2 aromatic rings. The highest BCUT2D eigenvalue weighted by Crippen LogP contribution is 2.55. The van der Waals surface area contributed by atoms with Crippen molar-refractivity contribution in [3.8, 4) is 0 Å². The van der Waals surface area contributed by atoms with E-state index in [0.717, 1.165) is 18.4 Å². The molecule has 5 heteroatoms. The Morgan fingerprint density at radius 3 is 2.60 bits per heavy atom. The normalized spacial score (nSPS) is 19.6. The molecule has 0 aliphatic heterocycles. The van der Waals surface area contributed by atoms with Crippen LogP contribution >= 0.6 is 11.6 Å². The summed E-state index contributed by atoms with van der Waals surface area (Å²) >= 11 is 5.92. The fraction of sp³-hybridized carbons (Fsp3) is 0.467. The van der Waals surface area contributed by atoms with Crippen molar-refractivity contribution >= 4 is 11.6 Å². The Morgan fingerprint density at radius 1 is 1.35 bits per heavy atom. The summed E-state index contributed by atoms with van der Waals surface area (Å²) in [6.45, 7) is 2.60. The van der Waals surface area contributed by atoms with Crippen LogP contribution in [0.2, 0.25) is 5.02 Å². The Hall–Kier alpha value is -1.39. The molecule has 106 valence electrons. The van der Waals surface area contributed by atoms with Gasteiger partial charge in [-0.3, -0.25) is 4.68 Å². The zero-order valence-electron chi connectivity index (χ0n) is 11.5. The average Bonchev–Trinajstić information content (AvgIpc) is 2.98. The smallest absolute Gasteiger partial charge is 0.137 e. The van der Waals surface area contributed by atoms with E-state index in [0.29, 0.717) is 18.0 Å². The third-order valence-electron chi connectivity index (χ3n) is 4.42. The highest BCUT2D eigenvalue weighted by atomic mass is 35.5. The van der Waals surface area contributed by atoms with Gasteiger partial charge in [-0.15, -0.1) is 0 Å². The number of benzene rings is 1. The second-order valence-electron chi connectivity index (χ2n) is 5.99. The van der Waals surface area contributed by atoms with Crippen molar-refractivity contribution in [2.24, 2.45) is 5.41 Å². The van der Waals surface area contributed by atoms with E-state index in [1.807, 2.05) is 24.3 Å². The number of aromatic nitrogens is 3. The van der Waals surface area contributed by atoms with E-state index in [-0.39, 0.29) is 5.41 Å². The van der Waals surface area contributed by atoms with Crippen LogP contribution in [-0.4, -0.2) is 25.5 Å². The van der Waals surface area contributed by atoms with Crippen molar-refractivity contribution in [3.05, 3.63) is 47.5 Å². The summed E-state index contributed by atoms with van der Waals surface area (Å²) in [4.78, 5) is 3.95. The number of hydrogen-bond acceptors (Lipinski definition) is 3. The molecule has 1 saturated carbocycles. The lowest BCUT2D eigenvalue weighted by Gasteiger charge is -2.34. The van der Waals surface area contributed by atoms with Gasteiger partial charge in [0.1, 0.15) is 12.7 Å². The van der Waals surface area contributed by atoms with Crippen LogP contribution in [0.25, 0.3) is 0 Å². The number of rotatable bonds is 5. The van der Waals surface area contributed by atoms with Gasteiger partial charge < -0.3 is 5.11 Å². The maximum absolute atomic E-state index is 11.2. The maximum atomic E-state index is 11.2. The van der Waals surface area contributed by atoms with Gasteiger partial charge in [0.25, 0.3) is 0 Å². The molecule has 3 rings (SSSR count). The molecular formula is C15H18ClN3O. The lowest BCUT2D eigenvalue weighted by molar-refractivity contribution is -0.0428. The van der Waals surface area contributed by atoms with Crippen molar-refractivity contribution in [2.45, 2.75) is 38.3 Å². The Balaban J connectivity index is 1.84. The van der Waals surface area contributed by atoms with Gasteiger partial charge in [0.05, 0.1) is 12.1 Å². The van der Waals surface area contributed by atoms with Gasteiger partial charge in [0, 0.05) is 11.4 Å². The van der Waals surface area contributed by atoms with Gasteiger partial charge in [-0.05, 0) is 36.0 Å². The minimum atomic E-state index is -0.811. The zero-order valence-corrected chi connectivity index (χ0v) is 12.2. The first-order valence-corrected chi connectivity index (χ1v) is 7.18. The monoisotopic (exact) mass is 291 g/mol. The molecule has 0 amide bonds. The molecular weight excluding hydrogens is 274 g/mol. The number of nitrogens with zero attached hydrogens (tertiary/aromatic N) is 3. The Morgan fingerprint density at radius 2 is 2.05 bits per heavy atom. The van der Waals surface area contributed by atoms with Gasteiger partial charge >= 0.3 is 0 Å². The number of halogens is 1. The van der Waals surface area contributed by atoms with Gasteiger partial charge in [-0.1, -0.05) is 30.7 Å². The minimum absolute atomic E-state index is 0.0431. The summed E-state index contributed by atoms with van der Waals surface area (Å²) < 4.78 is 1.71. The van der Waals surface area contributed by atoms with Crippen LogP contribution in [-0.2, 0) is 13.0 Å². The van der Waals surface area contributed by atoms with Crippen molar-refractivity contribution in [1.29, 1.82) is 0 Å². The van der Waals surface area contributed by atoms with Crippen LogP contribution in [0.4, 0.5) is 0 Å². The average molecular weight is 292 g/mol. The van der Waals surface area contributed by atoms with Crippen LogP contribution in [0.3, 0.4) is 0 Å². The van der Waals surface area contributed by atoms with Crippen molar-refractivity contribution in [3.63, 3.8) is 0 Å². The second-order valence-corrected chi connectivity index (χ2v) is 6.42. The molecule has 0 bridgehead atoms.